The van der Waals surface area contributed by atoms with Crippen LogP contribution in [0.4, 0.5) is 0 Å². The third kappa shape index (κ3) is 22.4. The Morgan fingerprint density at radius 3 is 1.86 bits per heavy atom. The summed E-state index contributed by atoms with van der Waals surface area (Å²) in [6.07, 6.45) is 16.9. The predicted molar refractivity (Wildman–Crippen MR) is 196 cm³/mol. The Morgan fingerprint density at radius 1 is 0.784 bits per heavy atom. The van der Waals surface area contributed by atoms with Gasteiger partial charge >= 0.3 is 10.4 Å². The molecule has 0 aromatic heterocycles. The summed E-state index contributed by atoms with van der Waals surface area (Å²) in [5.74, 6) is -0.687. The zero-order valence-corrected chi connectivity index (χ0v) is 31.8. The van der Waals surface area contributed by atoms with Gasteiger partial charge in [0.05, 0.1) is 25.4 Å². The Morgan fingerprint density at radius 2 is 1.29 bits per heavy atom. The zero-order chi connectivity index (χ0) is 37.9. The molecule has 1 rings (SSSR count). The van der Waals surface area contributed by atoms with E-state index in [1.165, 1.54) is 38.5 Å². The molecule has 0 spiro atoms. The van der Waals surface area contributed by atoms with Gasteiger partial charge in [-0.15, -0.1) is 0 Å². The van der Waals surface area contributed by atoms with Gasteiger partial charge in [-0.25, -0.2) is 4.18 Å². The van der Waals surface area contributed by atoms with Gasteiger partial charge in [-0.05, 0) is 38.5 Å². The van der Waals surface area contributed by atoms with Crippen molar-refractivity contribution in [3.63, 3.8) is 0 Å². The number of ether oxygens (including phenoxy) is 2. The Hall–Kier alpha value is -1.46. The lowest BCUT2D eigenvalue weighted by Gasteiger charge is -2.41. The molecule has 0 aromatic rings. The number of rotatable bonds is 31. The SMILES string of the molecule is CCCCC/C=C\C=C/CCCCCCCC(O)C(=O)NC(COC1OC(CO)C(O)C(OS(=O)(=O)O)C1O)C(O)CCCCCCCCCC. The average Bonchev–Trinajstić information content (AvgIpc) is 3.09. The van der Waals surface area contributed by atoms with Gasteiger partial charge in [-0.2, -0.15) is 8.42 Å². The summed E-state index contributed by atoms with van der Waals surface area (Å²) in [5.41, 5.74) is 0. The van der Waals surface area contributed by atoms with Crippen LogP contribution < -0.4 is 5.32 Å². The van der Waals surface area contributed by atoms with Gasteiger partial charge in [0.25, 0.3) is 0 Å². The molecule has 1 aliphatic heterocycles. The Bertz CT molecular complexity index is 1040. The normalized spacial score (nSPS) is 23.2. The maximum Gasteiger partial charge on any atom is 0.397 e. The summed E-state index contributed by atoms with van der Waals surface area (Å²) in [5, 5.41) is 54.9. The summed E-state index contributed by atoms with van der Waals surface area (Å²) >= 11 is 0. The number of allylic oxidation sites excluding steroid dienone is 4. The van der Waals surface area contributed by atoms with E-state index in [4.69, 9.17) is 14.0 Å². The first-order chi connectivity index (χ1) is 24.4. The second-order valence-corrected chi connectivity index (χ2v) is 14.7. The first-order valence-corrected chi connectivity index (χ1v) is 20.7. The highest BCUT2D eigenvalue weighted by Gasteiger charge is 2.48. The van der Waals surface area contributed by atoms with Crippen LogP contribution in [0.1, 0.15) is 142 Å². The molecule has 1 heterocycles. The smallest absolute Gasteiger partial charge is 0.394 e. The van der Waals surface area contributed by atoms with Gasteiger partial charge in [0.1, 0.15) is 30.5 Å². The first kappa shape index (κ1) is 47.6. The number of carbonyl (C=O) groups is 1. The molecule has 1 saturated heterocycles. The van der Waals surface area contributed by atoms with Gasteiger partial charge in [0.2, 0.25) is 5.91 Å². The molecule has 13 nitrogen and oxygen atoms in total. The number of hydrogen-bond donors (Lipinski definition) is 7. The molecule has 14 heteroatoms. The van der Waals surface area contributed by atoms with E-state index in [0.29, 0.717) is 19.3 Å². The van der Waals surface area contributed by atoms with Crippen molar-refractivity contribution < 1.29 is 57.0 Å². The second-order valence-electron chi connectivity index (χ2n) is 13.7. The largest absolute Gasteiger partial charge is 0.397 e. The van der Waals surface area contributed by atoms with Crippen molar-refractivity contribution in [3.8, 4) is 0 Å². The molecule has 0 saturated carbocycles. The van der Waals surface area contributed by atoms with Gasteiger partial charge < -0.3 is 40.3 Å². The highest BCUT2D eigenvalue weighted by Crippen LogP contribution is 2.26. The molecule has 1 aliphatic rings. The topological polar surface area (TPSA) is 212 Å². The highest BCUT2D eigenvalue weighted by atomic mass is 32.3. The third-order valence-electron chi connectivity index (χ3n) is 9.15. The second kappa shape index (κ2) is 29.0. The summed E-state index contributed by atoms with van der Waals surface area (Å²) in [6, 6.07) is -1.04. The van der Waals surface area contributed by atoms with Crippen molar-refractivity contribution in [2.24, 2.45) is 0 Å². The van der Waals surface area contributed by atoms with Crippen LogP contribution in [0.2, 0.25) is 0 Å². The van der Waals surface area contributed by atoms with E-state index < -0.39 is 78.5 Å². The number of nitrogens with one attached hydrogen (secondary N) is 1. The number of carbonyl (C=O) groups excluding carboxylic acids is 1. The Labute approximate surface area is 306 Å². The summed E-state index contributed by atoms with van der Waals surface area (Å²) in [4.78, 5) is 13.0. The van der Waals surface area contributed by atoms with Crippen molar-refractivity contribution in [1.82, 2.24) is 5.32 Å². The molecular weight excluding hydrogens is 682 g/mol. The molecular formula is C37H69NO12S. The molecule has 1 fully saturated rings. The summed E-state index contributed by atoms with van der Waals surface area (Å²) in [7, 11) is -5.10. The van der Waals surface area contributed by atoms with Gasteiger partial charge in [0, 0.05) is 0 Å². The fraction of sp³-hybridized carbons (Fsp3) is 0.865. The molecule has 300 valence electrons. The van der Waals surface area contributed by atoms with E-state index in [-0.39, 0.29) is 6.42 Å². The van der Waals surface area contributed by atoms with Crippen LogP contribution >= 0.6 is 0 Å². The Kier molecular flexibility index (Phi) is 27.0. The van der Waals surface area contributed by atoms with Crippen LogP contribution in [0.15, 0.2) is 24.3 Å². The molecule has 0 bridgehead atoms. The fourth-order valence-electron chi connectivity index (χ4n) is 5.98. The van der Waals surface area contributed by atoms with E-state index in [2.05, 4.69) is 47.7 Å². The molecule has 8 unspecified atom stereocenters. The van der Waals surface area contributed by atoms with E-state index >= 15 is 0 Å². The molecule has 7 N–H and O–H groups in total. The van der Waals surface area contributed by atoms with Crippen LogP contribution in [-0.2, 0) is 28.9 Å². The van der Waals surface area contributed by atoms with E-state index in [1.54, 1.807) is 0 Å². The number of aliphatic hydroxyl groups excluding tert-OH is 5. The summed E-state index contributed by atoms with van der Waals surface area (Å²) < 4.78 is 47.2. The lowest BCUT2D eigenvalue weighted by Crippen LogP contribution is -2.61. The molecule has 0 aliphatic carbocycles. The van der Waals surface area contributed by atoms with Crippen LogP contribution in [0, 0.1) is 0 Å². The fourth-order valence-corrected chi connectivity index (χ4v) is 6.49. The maximum absolute atomic E-state index is 13.0. The standard InChI is InChI=1S/C37H69NO12S/c1-3-5-7-9-11-13-14-15-16-17-18-20-22-24-26-31(41)36(44)38-29(30(40)25-23-21-19-12-10-8-6-4-2)28-48-37-34(43)35(50-51(45,46)47)33(42)32(27-39)49-37/h11,13-15,29-35,37,39-43H,3-10,12,16-28H2,1-2H3,(H,38,44)(H,45,46,47)/b13-11-,15-14-. The maximum atomic E-state index is 13.0. The number of aliphatic hydroxyl groups is 5. The summed E-state index contributed by atoms with van der Waals surface area (Å²) in [6.45, 7) is 3.15. The number of unbranched alkanes of at least 4 members (excludes halogenated alkanes) is 15. The van der Waals surface area contributed by atoms with Crippen molar-refractivity contribution >= 4 is 16.3 Å². The minimum absolute atomic E-state index is 0.242. The lowest BCUT2D eigenvalue weighted by molar-refractivity contribution is -0.298. The van der Waals surface area contributed by atoms with Gasteiger partial charge in [-0.3, -0.25) is 9.35 Å². The van der Waals surface area contributed by atoms with Crippen LogP contribution in [0.25, 0.3) is 0 Å². The van der Waals surface area contributed by atoms with Crippen molar-refractivity contribution in [2.75, 3.05) is 13.2 Å². The van der Waals surface area contributed by atoms with E-state index in [9.17, 15) is 38.7 Å². The van der Waals surface area contributed by atoms with Gasteiger partial charge in [-0.1, -0.05) is 128 Å². The first-order valence-electron chi connectivity index (χ1n) is 19.3. The molecule has 0 aromatic carbocycles. The van der Waals surface area contributed by atoms with Crippen LogP contribution in [0.3, 0.4) is 0 Å². The van der Waals surface area contributed by atoms with Crippen molar-refractivity contribution in [3.05, 3.63) is 24.3 Å². The Balaban J connectivity index is 2.65. The van der Waals surface area contributed by atoms with Crippen molar-refractivity contribution in [1.29, 1.82) is 0 Å². The van der Waals surface area contributed by atoms with E-state index in [0.717, 1.165) is 64.2 Å². The molecule has 0 radical (unpaired) electrons. The van der Waals surface area contributed by atoms with Gasteiger partial charge in [0.15, 0.2) is 6.29 Å². The zero-order valence-electron chi connectivity index (χ0n) is 31.0. The number of hydrogen-bond acceptors (Lipinski definition) is 11. The predicted octanol–water partition coefficient (Wildman–Crippen LogP) is 4.79. The quantitative estimate of drug-likeness (QED) is 0.0290. The molecule has 1 amide bonds. The van der Waals surface area contributed by atoms with Crippen molar-refractivity contribution in [2.45, 2.75) is 191 Å². The van der Waals surface area contributed by atoms with E-state index in [1.807, 2.05) is 0 Å². The van der Waals surface area contributed by atoms with Crippen LogP contribution in [-0.4, -0.2) is 107 Å². The third-order valence-corrected chi connectivity index (χ3v) is 9.61. The highest BCUT2D eigenvalue weighted by molar-refractivity contribution is 7.80. The monoisotopic (exact) mass is 751 g/mol. The average molecular weight is 752 g/mol. The molecule has 51 heavy (non-hydrogen) atoms. The minimum Gasteiger partial charge on any atom is -0.394 e. The number of amides is 1. The minimum atomic E-state index is -5.10. The van der Waals surface area contributed by atoms with Crippen LogP contribution in [0.5, 0.6) is 0 Å². The lowest BCUT2D eigenvalue weighted by atomic mass is 9.99. The molecule has 8 atom stereocenters.